The van der Waals surface area contributed by atoms with Crippen LogP contribution in [-0.2, 0) is 16.6 Å². The van der Waals surface area contributed by atoms with E-state index >= 15 is 0 Å². The van der Waals surface area contributed by atoms with Crippen LogP contribution in [0.2, 0.25) is 0 Å². The van der Waals surface area contributed by atoms with Crippen LogP contribution in [0.3, 0.4) is 0 Å². The lowest BCUT2D eigenvalue weighted by molar-refractivity contribution is 0.560. The summed E-state index contributed by atoms with van der Waals surface area (Å²) >= 11 is 0. The molecule has 7 heteroatoms. The second-order valence-corrected chi connectivity index (χ2v) is 6.41. The molecule has 0 aliphatic heterocycles. The topological polar surface area (TPSA) is 86.9 Å². The zero-order valence-corrected chi connectivity index (χ0v) is 12.9. The summed E-state index contributed by atoms with van der Waals surface area (Å²) in [5.41, 5.74) is 1.54. The molecule has 0 saturated carbocycles. The molecule has 0 spiro atoms. The van der Waals surface area contributed by atoms with Gasteiger partial charge in [0.2, 0.25) is 0 Å². The zero-order valence-electron chi connectivity index (χ0n) is 12.1. The van der Waals surface area contributed by atoms with Gasteiger partial charge in [-0.25, -0.2) is 13.1 Å². The molecule has 0 radical (unpaired) electrons. The lowest BCUT2D eigenvalue weighted by atomic mass is 10.1. The Labute approximate surface area is 125 Å². The van der Waals surface area contributed by atoms with Gasteiger partial charge in [-0.3, -0.25) is 5.10 Å². The first kappa shape index (κ1) is 15.7. The number of aromatic amines is 1. The lowest BCUT2D eigenvalue weighted by Crippen LogP contribution is -2.28. The quantitative estimate of drug-likeness (QED) is 0.724. The first-order valence-corrected chi connectivity index (χ1v) is 8.33. The van der Waals surface area contributed by atoms with Crippen LogP contribution in [0.5, 0.6) is 0 Å². The van der Waals surface area contributed by atoms with E-state index in [-0.39, 0.29) is 11.1 Å². The van der Waals surface area contributed by atoms with E-state index in [1.165, 1.54) is 6.20 Å². The normalized spacial score (nSPS) is 13.2. The van der Waals surface area contributed by atoms with Crippen molar-refractivity contribution in [3.63, 3.8) is 0 Å². The maximum Gasteiger partial charge on any atom is 0.258 e. The van der Waals surface area contributed by atoms with Crippen molar-refractivity contribution in [3.05, 3.63) is 47.7 Å². The molecule has 3 N–H and O–H groups in total. The number of nitrogens with one attached hydrogen (secondary N) is 3. The Bertz CT molecular complexity index is 667. The van der Waals surface area contributed by atoms with Crippen LogP contribution < -0.4 is 10.0 Å². The van der Waals surface area contributed by atoms with Gasteiger partial charge in [-0.1, -0.05) is 37.3 Å². The summed E-state index contributed by atoms with van der Waals surface area (Å²) in [5.74, 6) is 0. The summed E-state index contributed by atoms with van der Waals surface area (Å²) in [4.78, 5) is 0. The number of benzene rings is 1. The molecule has 21 heavy (non-hydrogen) atoms. The Morgan fingerprint density at radius 1 is 1.29 bits per heavy atom. The van der Waals surface area contributed by atoms with E-state index in [0.717, 1.165) is 12.1 Å². The number of hydrogen-bond donors (Lipinski definition) is 3. The van der Waals surface area contributed by atoms with Crippen molar-refractivity contribution in [1.29, 1.82) is 0 Å². The maximum atomic E-state index is 12.5. The van der Waals surface area contributed by atoms with Gasteiger partial charge in [-0.15, -0.1) is 0 Å². The van der Waals surface area contributed by atoms with Crippen molar-refractivity contribution in [2.45, 2.75) is 31.5 Å². The molecule has 0 aliphatic carbocycles. The van der Waals surface area contributed by atoms with Crippen LogP contribution in [0.4, 0.5) is 0 Å². The maximum absolute atomic E-state index is 12.5. The summed E-state index contributed by atoms with van der Waals surface area (Å²) in [6.45, 7) is 5.00. The minimum absolute atomic E-state index is 0.117. The fourth-order valence-corrected chi connectivity index (χ4v) is 3.38. The van der Waals surface area contributed by atoms with E-state index in [4.69, 9.17) is 0 Å². The van der Waals surface area contributed by atoms with Gasteiger partial charge in [0, 0.05) is 18.2 Å². The molecular weight excluding hydrogens is 288 g/mol. The highest BCUT2D eigenvalue weighted by Crippen LogP contribution is 2.17. The van der Waals surface area contributed by atoms with Gasteiger partial charge in [-0.2, -0.15) is 5.10 Å². The predicted octanol–water partition coefficient (Wildman–Crippen LogP) is 1.56. The van der Waals surface area contributed by atoms with Crippen LogP contribution in [-0.4, -0.2) is 25.2 Å². The number of rotatable bonds is 7. The third-order valence-electron chi connectivity index (χ3n) is 3.14. The van der Waals surface area contributed by atoms with Crippen LogP contribution in [0.1, 0.15) is 31.0 Å². The van der Waals surface area contributed by atoms with Gasteiger partial charge in [0.1, 0.15) is 0 Å². The molecule has 1 atom stereocenters. The number of H-pyrrole nitrogens is 1. The minimum Gasteiger partial charge on any atom is -0.313 e. The highest BCUT2D eigenvalue weighted by Gasteiger charge is 2.23. The van der Waals surface area contributed by atoms with E-state index < -0.39 is 10.0 Å². The molecule has 0 fully saturated rings. The molecule has 1 heterocycles. The van der Waals surface area contributed by atoms with Gasteiger partial charge in [-0.05, 0) is 19.0 Å². The van der Waals surface area contributed by atoms with Crippen LogP contribution in [0, 0.1) is 0 Å². The van der Waals surface area contributed by atoms with Crippen LogP contribution in [0.25, 0.3) is 0 Å². The van der Waals surface area contributed by atoms with E-state index in [1.807, 2.05) is 44.2 Å². The van der Waals surface area contributed by atoms with Gasteiger partial charge >= 0.3 is 0 Å². The Hall–Kier alpha value is -1.70. The summed E-state index contributed by atoms with van der Waals surface area (Å²) in [7, 11) is -3.63. The fourth-order valence-electron chi connectivity index (χ4n) is 2.02. The third kappa shape index (κ3) is 3.90. The first-order chi connectivity index (χ1) is 10.0. The van der Waals surface area contributed by atoms with Gasteiger partial charge in [0.15, 0.2) is 5.03 Å². The minimum atomic E-state index is -3.63. The Balaban J connectivity index is 2.17. The summed E-state index contributed by atoms with van der Waals surface area (Å²) in [6.07, 6.45) is 1.53. The fraction of sp³-hybridized carbons (Fsp3) is 0.357. The Kier molecular flexibility index (Phi) is 5.11. The van der Waals surface area contributed by atoms with Crippen molar-refractivity contribution >= 4 is 10.0 Å². The molecule has 1 unspecified atom stereocenters. The van der Waals surface area contributed by atoms with Crippen LogP contribution in [0.15, 0.2) is 41.6 Å². The lowest BCUT2D eigenvalue weighted by Gasteiger charge is -2.14. The van der Waals surface area contributed by atoms with Crippen molar-refractivity contribution in [2.75, 3.05) is 6.54 Å². The number of sulfonamides is 1. The monoisotopic (exact) mass is 308 g/mol. The average molecular weight is 308 g/mol. The molecule has 0 saturated heterocycles. The van der Waals surface area contributed by atoms with Gasteiger partial charge < -0.3 is 5.32 Å². The largest absolute Gasteiger partial charge is 0.313 e. The second kappa shape index (κ2) is 6.84. The standard InChI is InChI=1S/C14H20N4O2S/c1-3-15-9-13-10-16-17-14(13)21(19,20)18-11(2)12-7-5-4-6-8-12/h4-8,10-11,15,18H,3,9H2,1-2H3,(H,16,17). The van der Waals surface area contributed by atoms with E-state index in [2.05, 4.69) is 20.2 Å². The molecule has 2 rings (SSSR count). The predicted molar refractivity (Wildman–Crippen MR) is 81.1 cm³/mol. The molecule has 1 aromatic carbocycles. The van der Waals surface area contributed by atoms with Crippen molar-refractivity contribution in [3.8, 4) is 0 Å². The van der Waals surface area contributed by atoms with Gasteiger partial charge in [0.05, 0.1) is 6.20 Å². The summed E-state index contributed by atoms with van der Waals surface area (Å²) in [5, 5.41) is 9.62. The SMILES string of the molecule is CCNCc1cn[nH]c1S(=O)(=O)NC(C)c1ccccc1. The average Bonchev–Trinajstić information content (AvgIpc) is 2.95. The summed E-state index contributed by atoms with van der Waals surface area (Å²) in [6, 6.07) is 9.12. The highest BCUT2D eigenvalue weighted by molar-refractivity contribution is 7.89. The molecule has 1 aromatic heterocycles. The first-order valence-electron chi connectivity index (χ1n) is 6.85. The number of nitrogens with zero attached hydrogens (tertiary/aromatic N) is 1. The molecule has 2 aromatic rings. The van der Waals surface area contributed by atoms with Crippen molar-refractivity contribution in [1.82, 2.24) is 20.2 Å². The van der Waals surface area contributed by atoms with E-state index in [0.29, 0.717) is 12.1 Å². The molecule has 0 amide bonds. The molecular formula is C14H20N4O2S. The Morgan fingerprint density at radius 2 is 2.00 bits per heavy atom. The molecule has 0 bridgehead atoms. The second-order valence-electron chi connectivity index (χ2n) is 4.76. The summed E-state index contributed by atoms with van der Waals surface area (Å²) < 4.78 is 27.6. The van der Waals surface area contributed by atoms with Crippen molar-refractivity contribution < 1.29 is 8.42 Å². The zero-order chi connectivity index (χ0) is 15.3. The number of hydrogen-bond acceptors (Lipinski definition) is 4. The van der Waals surface area contributed by atoms with Crippen LogP contribution >= 0.6 is 0 Å². The van der Waals surface area contributed by atoms with Gasteiger partial charge in [0.25, 0.3) is 10.0 Å². The number of aromatic nitrogens is 2. The molecule has 114 valence electrons. The van der Waals surface area contributed by atoms with E-state index in [9.17, 15) is 8.42 Å². The van der Waals surface area contributed by atoms with E-state index in [1.54, 1.807) is 0 Å². The smallest absolute Gasteiger partial charge is 0.258 e. The molecule has 6 nitrogen and oxygen atoms in total. The molecule has 0 aliphatic rings. The highest BCUT2D eigenvalue weighted by atomic mass is 32.2. The third-order valence-corrected chi connectivity index (χ3v) is 4.70. The van der Waals surface area contributed by atoms with Crippen molar-refractivity contribution in [2.24, 2.45) is 0 Å². The Morgan fingerprint density at radius 3 is 2.67 bits per heavy atom.